The molecular weight excluding hydrogens is 282 g/mol. The zero-order valence-electron chi connectivity index (χ0n) is 10.0. The van der Waals surface area contributed by atoms with Crippen LogP contribution in [-0.2, 0) is 6.54 Å². The standard InChI is InChI=1S/C13H16BrNO2/c1-4-6-17-13-11(14)7-10(9-15-3)8-12(13)16-5-2/h1,7-8,15H,5-6,9H2,2-3H3. The Morgan fingerprint density at radius 3 is 2.76 bits per heavy atom. The average Bonchev–Trinajstić information content (AvgIpc) is 2.29. The van der Waals surface area contributed by atoms with Crippen molar-refractivity contribution in [3.8, 4) is 23.8 Å². The van der Waals surface area contributed by atoms with E-state index in [1.54, 1.807) is 0 Å². The number of rotatable bonds is 6. The molecule has 0 atom stereocenters. The molecule has 0 saturated heterocycles. The minimum Gasteiger partial charge on any atom is -0.490 e. The Labute approximate surface area is 111 Å². The minimum atomic E-state index is 0.226. The first-order chi connectivity index (χ1) is 8.22. The average molecular weight is 298 g/mol. The molecule has 0 radical (unpaired) electrons. The van der Waals surface area contributed by atoms with Crippen LogP contribution in [0.4, 0.5) is 0 Å². The normalized spacial score (nSPS) is 9.76. The van der Waals surface area contributed by atoms with Crippen LogP contribution in [0.2, 0.25) is 0 Å². The molecule has 1 aromatic rings. The summed E-state index contributed by atoms with van der Waals surface area (Å²) in [7, 11) is 1.90. The predicted octanol–water partition coefficient (Wildman–Crippen LogP) is 2.58. The third kappa shape index (κ3) is 3.95. The second-order valence-electron chi connectivity index (χ2n) is 3.36. The lowest BCUT2D eigenvalue weighted by Crippen LogP contribution is -2.07. The zero-order chi connectivity index (χ0) is 12.7. The summed E-state index contributed by atoms with van der Waals surface area (Å²) in [5, 5.41) is 3.09. The molecule has 0 heterocycles. The fourth-order valence-electron chi connectivity index (χ4n) is 1.44. The van der Waals surface area contributed by atoms with Gasteiger partial charge in [-0.05, 0) is 47.6 Å². The van der Waals surface area contributed by atoms with Crippen molar-refractivity contribution in [2.75, 3.05) is 20.3 Å². The predicted molar refractivity (Wildman–Crippen MR) is 72.4 cm³/mol. The van der Waals surface area contributed by atoms with E-state index < -0.39 is 0 Å². The first kappa shape index (κ1) is 13.9. The molecule has 17 heavy (non-hydrogen) atoms. The summed E-state index contributed by atoms with van der Waals surface area (Å²) < 4.78 is 11.9. The van der Waals surface area contributed by atoms with Crippen LogP contribution < -0.4 is 14.8 Å². The SMILES string of the molecule is C#CCOc1c(Br)cc(CNC)cc1OCC. The van der Waals surface area contributed by atoms with Crippen LogP contribution in [-0.4, -0.2) is 20.3 Å². The van der Waals surface area contributed by atoms with Crippen molar-refractivity contribution in [2.24, 2.45) is 0 Å². The Hall–Kier alpha value is -1.18. The molecule has 3 nitrogen and oxygen atoms in total. The summed E-state index contributed by atoms with van der Waals surface area (Å²) >= 11 is 3.47. The Morgan fingerprint density at radius 1 is 1.41 bits per heavy atom. The number of terminal acetylenes is 1. The highest BCUT2D eigenvalue weighted by Gasteiger charge is 2.11. The summed E-state index contributed by atoms with van der Waals surface area (Å²) in [4.78, 5) is 0. The molecule has 0 bridgehead atoms. The number of benzene rings is 1. The third-order valence-electron chi connectivity index (χ3n) is 2.05. The molecule has 4 heteroatoms. The minimum absolute atomic E-state index is 0.226. The van der Waals surface area contributed by atoms with Crippen molar-refractivity contribution in [3.05, 3.63) is 22.2 Å². The third-order valence-corrected chi connectivity index (χ3v) is 2.64. The molecule has 0 aromatic heterocycles. The highest BCUT2D eigenvalue weighted by molar-refractivity contribution is 9.10. The van der Waals surface area contributed by atoms with Crippen molar-refractivity contribution < 1.29 is 9.47 Å². The van der Waals surface area contributed by atoms with Gasteiger partial charge < -0.3 is 14.8 Å². The molecule has 0 aliphatic rings. The number of nitrogens with one attached hydrogen (secondary N) is 1. The molecule has 0 saturated carbocycles. The summed E-state index contributed by atoms with van der Waals surface area (Å²) in [6.45, 7) is 3.52. The van der Waals surface area contributed by atoms with Crippen LogP contribution in [0, 0.1) is 12.3 Å². The molecule has 0 aliphatic carbocycles. The Kier molecular flexibility index (Phi) is 5.88. The molecule has 92 valence electrons. The van der Waals surface area contributed by atoms with E-state index in [-0.39, 0.29) is 6.61 Å². The molecule has 0 amide bonds. The monoisotopic (exact) mass is 297 g/mol. The van der Waals surface area contributed by atoms with Gasteiger partial charge in [-0.25, -0.2) is 0 Å². The van der Waals surface area contributed by atoms with Crippen molar-refractivity contribution in [1.29, 1.82) is 0 Å². The van der Waals surface area contributed by atoms with Gasteiger partial charge in [0.05, 0.1) is 11.1 Å². The van der Waals surface area contributed by atoms with E-state index in [2.05, 4.69) is 27.2 Å². The van der Waals surface area contributed by atoms with Crippen LogP contribution in [0.15, 0.2) is 16.6 Å². The van der Waals surface area contributed by atoms with Crippen LogP contribution in [0.1, 0.15) is 12.5 Å². The van der Waals surface area contributed by atoms with Gasteiger partial charge in [-0.2, -0.15) is 0 Å². The second kappa shape index (κ2) is 7.21. The van der Waals surface area contributed by atoms with Gasteiger partial charge in [0.1, 0.15) is 6.61 Å². The Morgan fingerprint density at radius 2 is 2.18 bits per heavy atom. The van der Waals surface area contributed by atoms with Gasteiger partial charge in [0, 0.05) is 6.54 Å². The summed E-state index contributed by atoms with van der Waals surface area (Å²) in [6.07, 6.45) is 5.19. The van der Waals surface area contributed by atoms with E-state index in [0.29, 0.717) is 18.1 Å². The van der Waals surface area contributed by atoms with E-state index in [1.807, 2.05) is 26.1 Å². The van der Waals surface area contributed by atoms with Crippen molar-refractivity contribution in [1.82, 2.24) is 5.32 Å². The van der Waals surface area contributed by atoms with E-state index in [0.717, 1.165) is 16.6 Å². The lowest BCUT2D eigenvalue weighted by atomic mass is 10.2. The summed E-state index contributed by atoms with van der Waals surface area (Å²) in [6, 6.07) is 3.95. The highest BCUT2D eigenvalue weighted by Crippen LogP contribution is 2.36. The van der Waals surface area contributed by atoms with E-state index >= 15 is 0 Å². The van der Waals surface area contributed by atoms with Gasteiger partial charge in [-0.3, -0.25) is 0 Å². The topological polar surface area (TPSA) is 30.5 Å². The fourth-order valence-corrected chi connectivity index (χ4v) is 2.05. The van der Waals surface area contributed by atoms with Crippen molar-refractivity contribution in [3.63, 3.8) is 0 Å². The van der Waals surface area contributed by atoms with Gasteiger partial charge >= 0.3 is 0 Å². The number of hydrogen-bond donors (Lipinski definition) is 1. The summed E-state index contributed by atoms with van der Waals surface area (Å²) in [5.41, 5.74) is 1.12. The van der Waals surface area contributed by atoms with Crippen LogP contribution in [0.5, 0.6) is 11.5 Å². The number of halogens is 1. The lowest BCUT2D eigenvalue weighted by Gasteiger charge is -2.14. The zero-order valence-corrected chi connectivity index (χ0v) is 11.6. The smallest absolute Gasteiger partial charge is 0.176 e. The van der Waals surface area contributed by atoms with Crippen LogP contribution in [0.3, 0.4) is 0 Å². The maximum Gasteiger partial charge on any atom is 0.176 e. The first-order valence-electron chi connectivity index (χ1n) is 5.39. The van der Waals surface area contributed by atoms with E-state index in [9.17, 15) is 0 Å². The Balaban J connectivity index is 3.04. The Bertz CT molecular complexity index is 413. The maximum atomic E-state index is 5.55. The van der Waals surface area contributed by atoms with Crippen LogP contribution in [0.25, 0.3) is 0 Å². The van der Waals surface area contributed by atoms with Gasteiger partial charge in [0.15, 0.2) is 11.5 Å². The van der Waals surface area contributed by atoms with Gasteiger partial charge in [0.25, 0.3) is 0 Å². The van der Waals surface area contributed by atoms with Crippen molar-refractivity contribution in [2.45, 2.75) is 13.5 Å². The fraction of sp³-hybridized carbons (Fsp3) is 0.385. The summed E-state index contributed by atoms with van der Waals surface area (Å²) in [5.74, 6) is 3.81. The van der Waals surface area contributed by atoms with Crippen LogP contribution >= 0.6 is 15.9 Å². The first-order valence-corrected chi connectivity index (χ1v) is 6.18. The molecular formula is C13H16BrNO2. The quantitative estimate of drug-likeness (QED) is 0.819. The maximum absolute atomic E-state index is 5.55. The van der Waals surface area contributed by atoms with Gasteiger partial charge in [-0.1, -0.05) is 5.92 Å². The van der Waals surface area contributed by atoms with E-state index in [4.69, 9.17) is 15.9 Å². The molecule has 1 N–H and O–H groups in total. The molecule has 0 fully saturated rings. The molecule has 0 unspecified atom stereocenters. The number of ether oxygens (including phenoxy) is 2. The second-order valence-corrected chi connectivity index (χ2v) is 4.22. The van der Waals surface area contributed by atoms with Gasteiger partial charge in [-0.15, -0.1) is 6.42 Å². The lowest BCUT2D eigenvalue weighted by molar-refractivity contribution is 0.297. The van der Waals surface area contributed by atoms with Crippen molar-refractivity contribution >= 4 is 15.9 Å². The molecule has 0 spiro atoms. The largest absolute Gasteiger partial charge is 0.490 e. The van der Waals surface area contributed by atoms with E-state index in [1.165, 1.54) is 0 Å². The van der Waals surface area contributed by atoms with Gasteiger partial charge in [0.2, 0.25) is 0 Å². The molecule has 1 rings (SSSR count). The molecule has 0 aliphatic heterocycles. The number of hydrogen-bond acceptors (Lipinski definition) is 3. The highest BCUT2D eigenvalue weighted by atomic mass is 79.9. The molecule has 1 aromatic carbocycles.